The Balaban J connectivity index is 0.000000157. The first-order valence-electron chi connectivity index (χ1n) is 9.81. The van der Waals surface area contributed by atoms with Crippen LogP contribution in [0.5, 0.6) is 0 Å². The van der Waals surface area contributed by atoms with Crippen LogP contribution >= 0.6 is 18.6 Å². The molecule has 0 aromatic carbocycles. The molecule has 4 rings (SSSR count). The molecule has 146 valence electrons. The molecule has 0 atom stereocenters. The molecule has 0 unspecified atom stereocenters. The second-order valence-electron chi connectivity index (χ2n) is 7.54. The molecule has 0 aromatic rings. The fourth-order valence-corrected chi connectivity index (χ4v) is 3.78. The Morgan fingerprint density at radius 2 is 1.15 bits per heavy atom. The van der Waals surface area contributed by atoms with Gasteiger partial charge in [0.25, 0.3) is 0 Å². The fraction of sp³-hybridized carbons (Fsp3) is 0.458. The van der Waals surface area contributed by atoms with Crippen LogP contribution in [0.15, 0.2) is 56.7 Å². The van der Waals surface area contributed by atoms with Crippen LogP contribution in [0.4, 0.5) is 0 Å². The number of allylic oxidation sites excluding steroid dienone is 12. The van der Waals surface area contributed by atoms with Gasteiger partial charge in [-0.15, -0.1) is 11.1 Å². The van der Waals surface area contributed by atoms with Gasteiger partial charge < -0.3 is 0 Å². The molecule has 0 N–H and O–H groups in total. The molecule has 0 saturated carbocycles. The van der Waals surface area contributed by atoms with Gasteiger partial charge in [-0.1, -0.05) is 40.5 Å². The van der Waals surface area contributed by atoms with Crippen LogP contribution in [-0.2, 0) is 15.3 Å². The summed E-state index contributed by atoms with van der Waals surface area (Å²) >= 11 is -1.54. The normalized spacial score (nSPS) is 20.1. The molecule has 0 nitrogen and oxygen atoms in total. The van der Waals surface area contributed by atoms with Crippen molar-refractivity contribution in [2.75, 3.05) is 0 Å². The van der Waals surface area contributed by atoms with Gasteiger partial charge in [0.2, 0.25) is 0 Å². The fourth-order valence-electron chi connectivity index (χ4n) is 3.78. The van der Waals surface area contributed by atoms with E-state index in [4.69, 9.17) is 18.6 Å². The van der Waals surface area contributed by atoms with Crippen LogP contribution in [0.2, 0.25) is 0 Å². The van der Waals surface area contributed by atoms with Crippen LogP contribution in [0, 0.1) is 12.2 Å². The maximum atomic E-state index is 5.34. The average molecular weight is 437 g/mol. The van der Waals surface area contributed by atoms with Crippen LogP contribution in [0.1, 0.15) is 73.1 Å². The molecule has 4 aliphatic carbocycles. The molecule has 0 aliphatic heterocycles. The van der Waals surface area contributed by atoms with E-state index in [1.165, 1.54) is 72.0 Å². The number of rotatable bonds is 0. The molecule has 27 heavy (non-hydrogen) atoms. The predicted octanol–water partition coefficient (Wildman–Crippen LogP) is 8.09. The minimum atomic E-state index is -1.54. The predicted molar refractivity (Wildman–Crippen MR) is 118 cm³/mol. The summed E-state index contributed by atoms with van der Waals surface area (Å²) in [4.78, 5) is 0. The third-order valence-corrected chi connectivity index (χ3v) is 7.64. The summed E-state index contributed by atoms with van der Waals surface area (Å²) in [6, 6.07) is 0. The quantitative estimate of drug-likeness (QED) is 0.265. The summed E-state index contributed by atoms with van der Waals surface area (Å²) in [7, 11) is 10.7. The Kier molecular flexibility index (Phi) is 9.29. The first-order valence-corrected chi connectivity index (χ1v) is 15.0. The summed E-state index contributed by atoms with van der Waals surface area (Å²) in [6.45, 7) is 10.6. The molecule has 0 saturated heterocycles. The van der Waals surface area contributed by atoms with E-state index in [1.54, 1.807) is 11.1 Å². The molecule has 4 aliphatic rings. The third kappa shape index (κ3) is 6.86. The number of fused-ring (bicyclic) bond motifs is 2. The molecule has 0 aromatic heterocycles. The zero-order chi connectivity index (χ0) is 20.0. The molecular formula is C24H30Cl2Ti-2. The van der Waals surface area contributed by atoms with Gasteiger partial charge in [0.05, 0.1) is 0 Å². The van der Waals surface area contributed by atoms with E-state index in [0.717, 1.165) is 0 Å². The standard InChI is InChI=1S/2C11H13.C2H4.2ClH.Ti/c2*1-8-6-10-5-3-4-9(2)11(10)7-8;1-2;;;/h2*7H,3-5H2,1-2H3;1H,2H3;2*1H;/q2*-1;;;;+2/p-2. The molecule has 0 fully saturated rings. The van der Waals surface area contributed by atoms with E-state index in [9.17, 15) is 0 Å². The Morgan fingerprint density at radius 3 is 1.44 bits per heavy atom. The summed E-state index contributed by atoms with van der Waals surface area (Å²) in [5.41, 5.74) is 11.6. The van der Waals surface area contributed by atoms with Crippen molar-refractivity contribution in [3.63, 3.8) is 0 Å². The van der Waals surface area contributed by atoms with Gasteiger partial charge in [-0.25, -0.2) is 12.2 Å². The molecule has 0 bridgehead atoms. The average Bonchev–Trinajstić information content (AvgIpc) is 3.19. The molecular weight excluding hydrogens is 407 g/mol. The van der Waals surface area contributed by atoms with Crippen molar-refractivity contribution >= 4 is 22.9 Å². The number of hydrogen-bond acceptors (Lipinski definition) is 0. The van der Waals surface area contributed by atoms with Crippen LogP contribution in [0.3, 0.4) is 0 Å². The maximum absolute atomic E-state index is 5.34. The van der Waals surface area contributed by atoms with E-state index >= 15 is 0 Å². The monoisotopic (exact) mass is 436 g/mol. The van der Waals surface area contributed by atoms with E-state index < -0.39 is 15.3 Å². The Labute approximate surface area is 179 Å². The summed E-state index contributed by atoms with van der Waals surface area (Å²) < 4.78 is 1.86. The Bertz CT molecular complexity index is 734. The summed E-state index contributed by atoms with van der Waals surface area (Å²) in [5.74, 6) is 0. The second-order valence-corrected chi connectivity index (χ2v) is 13.5. The number of halogens is 2. The zero-order valence-electron chi connectivity index (χ0n) is 17.2. The van der Waals surface area contributed by atoms with Crippen LogP contribution in [-0.4, -0.2) is 4.31 Å². The van der Waals surface area contributed by atoms with Crippen molar-refractivity contribution in [3.05, 3.63) is 68.9 Å². The van der Waals surface area contributed by atoms with Gasteiger partial charge in [-0.05, 0) is 25.7 Å². The number of hydrogen-bond donors (Lipinski definition) is 0. The SMILES string of the molecule is CC1=CC2=C(C)CCCC2=[C-]1.CC1=CC2=C(C)CCCC2=[C-]1.C[CH]=[Ti]([Cl])[Cl]. The van der Waals surface area contributed by atoms with Crippen molar-refractivity contribution in [1.82, 2.24) is 0 Å². The molecule has 0 heterocycles. The third-order valence-electron chi connectivity index (χ3n) is 5.16. The minimum absolute atomic E-state index is 1.24. The van der Waals surface area contributed by atoms with Gasteiger partial charge in [0, 0.05) is 0 Å². The molecule has 0 radical (unpaired) electrons. The van der Waals surface area contributed by atoms with Crippen molar-refractivity contribution in [3.8, 4) is 0 Å². The zero-order valence-corrected chi connectivity index (χ0v) is 20.3. The van der Waals surface area contributed by atoms with Crippen LogP contribution < -0.4 is 0 Å². The van der Waals surface area contributed by atoms with E-state index in [0.29, 0.717) is 0 Å². The Hall–Kier alpha value is -0.396. The summed E-state index contributed by atoms with van der Waals surface area (Å²) in [5, 5.41) is 0. The molecule has 3 heteroatoms. The van der Waals surface area contributed by atoms with Gasteiger partial charge in [-0.3, -0.25) is 0 Å². The second kappa shape index (κ2) is 11.0. The van der Waals surface area contributed by atoms with E-state index in [2.05, 4.69) is 52.0 Å². The van der Waals surface area contributed by atoms with Crippen molar-refractivity contribution in [1.29, 1.82) is 0 Å². The van der Waals surface area contributed by atoms with Crippen molar-refractivity contribution in [2.24, 2.45) is 0 Å². The van der Waals surface area contributed by atoms with E-state index in [1.807, 2.05) is 11.2 Å². The Morgan fingerprint density at radius 1 is 0.778 bits per heavy atom. The van der Waals surface area contributed by atoms with Crippen molar-refractivity contribution in [2.45, 2.75) is 73.1 Å². The van der Waals surface area contributed by atoms with Gasteiger partial charge in [-0.2, -0.15) is 45.6 Å². The molecule has 0 spiro atoms. The molecule has 0 amide bonds. The topological polar surface area (TPSA) is 0 Å². The summed E-state index contributed by atoms with van der Waals surface area (Å²) in [6.07, 6.45) is 19.0. The first-order chi connectivity index (χ1) is 12.8. The van der Waals surface area contributed by atoms with Gasteiger partial charge in [0.15, 0.2) is 0 Å². The van der Waals surface area contributed by atoms with Gasteiger partial charge in [0.1, 0.15) is 0 Å². The first kappa shape index (κ1) is 22.9. The van der Waals surface area contributed by atoms with Crippen molar-refractivity contribution < 1.29 is 15.3 Å². The van der Waals surface area contributed by atoms with E-state index in [-0.39, 0.29) is 0 Å². The van der Waals surface area contributed by atoms with Crippen LogP contribution in [0.25, 0.3) is 0 Å². The van der Waals surface area contributed by atoms with Gasteiger partial charge >= 0.3 is 45.1 Å².